The lowest BCUT2D eigenvalue weighted by Gasteiger charge is -2.14. The van der Waals surface area contributed by atoms with E-state index < -0.39 is 0 Å². The van der Waals surface area contributed by atoms with Gasteiger partial charge in [-0.15, -0.1) is 0 Å². The zero-order chi connectivity index (χ0) is 20.1. The molecule has 0 fully saturated rings. The fourth-order valence-corrected chi connectivity index (χ4v) is 3.53. The van der Waals surface area contributed by atoms with Crippen molar-refractivity contribution in [3.05, 3.63) is 71.5 Å². The van der Waals surface area contributed by atoms with Crippen molar-refractivity contribution in [3.63, 3.8) is 0 Å². The zero-order valence-corrected chi connectivity index (χ0v) is 17.0. The normalized spacial score (nSPS) is 11.1. The maximum absolute atomic E-state index is 6.19. The molecule has 0 radical (unpaired) electrons. The van der Waals surface area contributed by atoms with Gasteiger partial charge in [-0.1, -0.05) is 17.7 Å². The Bertz CT molecular complexity index is 1120. The number of anilines is 1. The van der Waals surface area contributed by atoms with Gasteiger partial charge in [-0.05, 0) is 61.5 Å². The van der Waals surface area contributed by atoms with Gasteiger partial charge in [-0.3, -0.25) is 4.98 Å². The van der Waals surface area contributed by atoms with E-state index in [-0.39, 0.29) is 0 Å². The maximum Gasteiger partial charge on any atom is 0.119 e. The third-order valence-electron chi connectivity index (χ3n) is 4.81. The Kier molecular flexibility index (Phi) is 6.08. The molecule has 0 aliphatic heterocycles. The molecule has 0 saturated heterocycles. The van der Waals surface area contributed by atoms with E-state index in [1.54, 1.807) is 7.11 Å². The number of methoxy groups -OCH3 is 1. The number of nitrogens with zero attached hydrogens (tertiary/aromatic N) is 2. The second kappa shape index (κ2) is 9.07. The molecule has 5 nitrogen and oxygen atoms in total. The van der Waals surface area contributed by atoms with Gasteiger partial charge in [0.1, 0.15) is 5.75 Å². The summed E-state index contributed by atoms with van der Waals surface area (Å²) in [7, 11) is 1.68. The number of hydrogen-bond donors (Lipinski definition) is 2. The van der Waals surface area contributed by atoms with Crippen LogP contribution in [0.5, 0.6) is 5.75 Å². The molecule has 4 aromatic rings. The summed E-state index contributed by atoms with van der Waals surface area (Å²) >= 11 is 6.19. The first kappa shape index (κ1) is 19.4. The molecule has 6 heteroatoms. The second-order valence-corrected chi connectivity index (χ2v) is 7.25. The van der Waals surface area contributed by atoms with Crippen LogP contribution in [0, 0.1) is 0 Å². The van der Waals surface area contributed by atoms with Crippen molar-refractivity contribution in [2.45, 2.75) is 13.0 Å². The van der Waals surface area contributed by atoms with Crippen LogP contribution in [0.3, 0.4) is 0 Å². The van der Waals surface area contributed by atoms with Crippen LogP contribution < -0.4 is 15.4 Å². The van der Waals surface area contributed by atoms with E-state index in [1.165, 1.54) is 0 Å². The van der Waals surface area contributed by atoms with Gasteiger partial charge in [-0.2, -0.15) is 0 Å². The molecule has 0 aliphatic carbocycles. The van der Waals surface area contributed by atoms with Crippen LogP contribution in [0.2, 0.25) is 5.02 Å². The summed E-state index contributed by atoms with van der Waals surface area (Å²) in [5, 5.41) is 9.82. The van der Waals surface area contributed by atoms with Crippen LogP contribution in [0.15, 0.2) is 60.8 Å². The van der Waals surface area contributed by atoms with Crippen molar-refractivity contribution < 1.29 is 4.74 Å². The van der Waals surface area contributed by atoms with Crippen molar-refractivity contribution >= 4 is 39.1 Å². The maximum atomic E-state index is 6.19. The smallest absolute Gasteiger partial charge is 0.119 e. The van der Waals surface area contributed by atoms with E-state index >= 15 is 0 Å². The van der Waals surface area contributed by atoms with Gasteiger partial charge in [0.25, 0.3) is 0 Å². The van der Waals surface area contributed by atoms with Crippen molar-refractivity contribution in [1.29, 1.82) is 0 Å². The molecular formula is C23H23ClN4O. The third-order valence-corrected chi connectivity index (χ3v) is 5.04. The Morgan fingerprint density at radius 1 is 0.966 bits per heavy atom. The number of aromatic nitrogens is 2. The highest BCUT2D eigenvalue weighted by molar-refractivity contribution is 6.31. The summed E-state index contributed by atoms with van der Waals surface area (Å²) in [6.07, 6.45) is 2.80. The number of benzene rings is 2. The van der Waals surface area contributed by atoms with Gasteiger partial charge >= 0.3 is 0 Å². The first-order valence-corrected chi connectivity index (χ1v) is 10.0. The molecule has 2 heterocycles. The van der Waals surface area contributed by atoms with E-state index in [0.717, 1.165) is 65.0 Å². The quantitative estimate of drug-likeness (QED) is 0.317. The van der Waals surface area contributed by atoms with Crippen molar-refractivity contribution in [3.8, 4) is 5.75 Å². The van der Waals surface area contributed by atoms with Crippen LogP contribution in [0.4, 0.5) is 5.69 Å². The highest BCUT2D eigenvalue weighted by Crippen LogP contribution is 2.34. The van der Waals surface area contributed by atoms with Gasteiger partial charge in [0, 0.05) is 35.1 Å². The molecule has 0 saturated carbocycles. The zero-order valence-electron chi connectivity index (χ0n) is 16.3. The third kappa shape index (κ3) is 4.58. The van der Waals surface area contributed by atoms with E-state index in [9.17, 15) is 0 Å². The standard InChI is InChI=1S/C23H23ClN4O/c1-29-18-7-9-21-20(14-18)23(19-8-6-16(24)13-22(19)28-21)27-12-4-10-25-15-17-5-2-3-11-26-17/h2-3,5-9,11,13-14,25H,4,10,12,15H2,1H3,(H,27,28). The van der Waals surface area contributed by atoms with Crippen LogP contribution in [0.1, 0.15) is 12.1 Å². The van der Waals surface area contributed by atoms with E-state index in [1.807, 2.05) is 60.8 Å². The molecule has 0 amide bonds. The molecular weight excluding hydrogens is 384 g/mol. The van der Waals surface area contributed by atoms with E-state index in [4.69, 9.17) is 21.3 Å². The van der Waals surface area contributed by atoms with Crippen molar-refractivity contribution in [2.24, 2.45) is 0 Å². The van der Waals surface area contributed by atoms with Gasteiger partial charge in [-0.25, -0.2) is 4.98 Å². The Balaban J connectivity index is 1.49. The lowest BCUT2D eigenvalue weighted by molar-refractivity contribution is 0.415. The lowest BCUT2D eigenvalue weighted by Crippen LogP contribution is -2.18. The second-order valence-electron chi connectivity index (χ2n) is 6.81. The van der Waals surface area contributed by atoms with Gasteiger partial charge in [0.05, 0.1) is 29.5 Å². The summed E-state index contributed by atoms with van der Waals surface area (Å²) in [6.45, 7) is 2.51. The summed E-state index contributed by atoms with van der Waals surface area (Å²) < 4.78 is 5.42. The van der Waals surface area contributed by atoms with Crippen molar-refractivity contribution in [2.75, 3.05) is 25.5 Å². The highest BCUT2D eigenvalue weighted by Gasteiger charge is 2.10. The molecule has 2 N–H and O–H groups in total. The molecule has 0 unspecified atom stereocenters. The molecule has 4 rings (SSSR count). The van der Waals surface area contributed by atoms with Crippen molar-refractivity contribution in [1.82, 2.24) is 15.3 Å². The Morgan fingerprint density at radius 2 is 1.90 bits per heavy atom. The molecule has 0 atom stereocenters. The predicted octanol–water partition coefficient (Wildman–Crippen LogP) is 5.04. The number of ether oxygens (including phenoxy) is 1. The molecule has 0 aliphatic rings. The monoisotopic (exact) mass is 406 g/mol. The SMILES string of the molecule is COc1ccc2nc3cc(Cl)ccc3c(NCCCNCc3ccccn3)c2c1. The topological polar surface area (TPSA) is 59.1 Å². The molecule has 0 spiro atoms. The Labute approximate surface area is 175 Å². The summed E-state index contributed by atoms with van der Waals surface area (Å²) in [6, 6.07) is 17.7. The summed E-state index contributed by atoms with van der Waals surface area (Å²) in [5.74, 6) is 0.813. The molecule has 2 aromatic carbocycles. The summed E-state index contributed by atoms with van der Waals surface area (Å²) in [5.41, 5.74) is 3.91. The van der Waals surface area contributed by atoms with E-state index in [0.29, 0.717) is 5.02 Å². The van der Waals surface area contributed by atoms with Crippen LogP contribution in [-0.4, -0.2) is 30.2 Å². The number of nitrogens with one attached hydrogen (secondary N) is 2. The fourth-order valence-electron chi connectivity index (χ4n) is 3.36. The fraction of sp³-hybridized carbons (Fsp3) is 0.217. The first-order valence-electron chi connectivity index (χ1n) is 9.66. The number of pyridine rings is 2. The minimum Gasteiger partial charge on any atom is -0.497 e. The highest BCUT2D eigenvalue weighted by atomic mass is 35.5. The van der Waals surface area contributed by atoms with Crippen LogP contribution in [0.25, 0.3) is 21.8 Å². The number of rotatable bonds is 8. The minimum atomic E-state index is 0.683. The average molecular weight is 407 g/mol. The Hall–Kier alpha value is -2.89. The van der Waals surface area contributed by atoms with Gasteiger partial charge < -0.3 is 15.4 Å². The van der Waals surface area contributed by atoms with E-state index in [2.05, 4.69) is 15.6 Å². The summed E-state index contributed by atoms with van der Waals surface area (Å²) in [4.78, 5) is 9.09. The predicted molar refractivity (Wildman–Crippen MR) is 120 cm³/mol. The molecule has 29 heavy (non-hydrogen) atoms. The van der Waals surface area contributed by atoms with Crippen LogP contribution in [-0.2, 0) is 6.54 Å². The van der Waals surface area contributed by atoms with Gasteiger partial charge in [0.2, 0.25) is 0 Å². The number of fused-ring (bicyclic) bond motifs is 2. The lowest BCUT2D eigenvalue weighted by atomic mass is 10.1. The van der Waals surface area contributed by atoms with Gasteiger partial charge in [0.15, 0.2) is 0 Å². The molecule has 0 bridgehead atoms. The minimum absolute atomic E-state index is 0.683. The van der Waals surface area contributed by atoms with Crippen LogP contribution >= 0.6 is 11.6 Å². The number of hydrogen-bond acceptors (Lipinski definition) is 5. The first-order chi connectivity index (χ1) is 14.2. The molecule has 148 valence electrons. The average Bonchev–Trinajstić information content (AvgIpc) is 2.75. The number of halogens is 1. The molecule has 2 aromatic heterocycles. The Morgan fingerprint density at radius 3 is 2.72 bits per heavy atom. The largest absolute Gasteiger partial charge is 0.497 e.